The number of nitrogens with one attached hydrogen (secondary N) is 1. The number of halogens is 3. The highest BCUT2D eigenvalue weighted by atomic mass is 32.2. The van der Waals surface area contributed by atoms with Gasteiger partial charge >= 0.3 is 6.18 Å². The van der Waals surface area contributed by atoms with Gasteiger partial charge in [-0.15, -0.1) is 0 Å². The van der Waals surface area contributed by atoms with Gasteiger partial charge in [0.1, 0.15) is 0 Å². The number of alkyl halides is 3. The first-order chi connectivity index (χ1) is 19.0. The molecule has 1 aromatic carbocycles. The van der Waals surface area contributed by atoms with Crippen LogP contribution >= 0.6 is 0 Å². The van der Waals surface area contributed by atoms with Gasteiger partial charge in [-0.25, -0.2) is 18.7 Å². The lowest BCUT2D eigenvalue weighted by Crippen LogP contribution is -2.58. The highest BCUT2D eigenvalue weighted by Crippen LogP contribution is 2.37. The quantitative estimate of drug-likeness (QED) is 0.400. The fraction of sp³-hybridized carbons (Fsp3) is 0.571. The van der Waals surface area contributed by atoms with Crippen LogP contribution in [0.15, 0.2) is 47.5 Å². The number of rotatable bonds is 10. The first-order valence-electron chi connectivity index (χ1n) is 13.7. The summed E-state index contributed by atoms with van der Waals surface area (Å²) in [6.07, 6.45) is -1.15. The Morgan fingerprint density at radius 3 is 2.45 bits per heavy atom. The van der Waals surface area contributed by atoms with Gasteiger partial charge in [-0.1, -0.05) is 25.1 Å². The van der Waals surface area contributed by atoms with Gasteiger partial charge in [-0.2, -0.15) is 13.2 Å². The molecule has 4 rings (SSSR count). The van der Waals surface area contributed by atoms with E-state index in [2.05, 4.69) is 15.4 Å². The van der Waals surface area contributed by atoms with Crippen molar-refractivity contribution in [2.75, 3.05) is 26.2 Å². The van der Waals surface area contributed by atoms with E-state index in [9.17, 15) is 26.4 Å². The molecule has 2 aliphatic heterocycles. The third-order valence-electron chi connectivity index (χ3n) is 7.67. The summed E-state index contributed by atoms with van der Waals surface area (Å²) in [5, 5.41) is 0. The molecule has 1 aromatic heterocycles. The summed E-state index contributed by atoms with van der Waals surface area (Å²) >= 11 is 0. The fourth-order valence-electron chi connectivity index (χ4n) is 5.13. The molecule has 2 aromatic rings. The Morgan fingerprint density at radius 1 is 1.15 bits per heavy atom. The molecule has 0 spiro atoms. The lowest BCUT2D eigenvalue weighted by Gasteiger charge is -2.39. The second-order valence-corrected chi connectivity index (χ2v) is 12.6. The number of carbonyl (C=O) groups excluding carboxylic acids is 1. The van der Waals surface area contributed by atoms with E-state index in [-0.39, 0.29) is 30.6 Å². The molecule has 0 radical (unpaired) electrons. The van der Waals surface area contributed by atoms with Crippen molar-refractivity contribution < 1.29 is 36.0 Å². The van der Waals surface area contributed by atoms with E-state index in [4.69, 9.17) is 9.57 Å². The van der Waals surface area contributed by atoms with E-state index in [0.717, 1.165) is 19.4 Å². The number of aromatic nitrogens is 1. The number of ether oxygens (including phenoxy) is 1. The van der Waals surface area contributed by atoms with Crippen LogP contribution in [0.4, 0.5) is 13.2 Å². The average molecular weight is 584 g/mol. The Hall–Kier alpha value is -2.54. The summed E-state index contributed by atoms with van der Waals surface area (Å²) in [5.41, 5.74) is 4.31. The summed E-state index contributed by atoms with van der Waals surface area (Å²) < 4.78 is 69.0. The Labute approximate surface area is 233 Å². The smallest absolute Gasteiger partial charge is 0.350 e. The van der Waals surface area contributed by atoms with Gasteiger partial charge in [0.05, 0.1) is 10.6 Å². The second kappa shape index (κ2) is 13.0. The van der Waals surface area contributed by atoms with Crippen molar-refractivity contribution in [3.05, 3.63) is 48.2 Å². The molecule has 12 heteroatoms. The summed E-state index contributed by atoms with van der Waals surface area (Å²) in [7, 11) is -4.11. The van der Waals surface area contributed by atoms with Crippen LogP contribution in [0, 0.1) is 0 Å². The van der Waals surface area contributed by atoms with Crippen molar-refractivity contribution in [1.29, 1.82) is 0 Å². The third-order valence-corrected chi connectivity index (χ3v) is 10.2. The zero-order valence-corrected chi connectivity index (χ0v) is 23.4. The lowest BCUT2D eigenvalue weighted by molar-refractivity contribution is -0.202. The van der Waals surface area contributed by atoms with E-state index in [1.54, 1.807) is 24.3 Å². The number of sulfone groups is 1. The minimum absolute atomic E-state index is 0.0128. The number of amides is 1. The Kier molecular flexibility index (Phi) is 9.86. The highest BCUT2D eigenvalue weighted by Gasteiger charge is 2.53. The monoisotopic (exact) mass is 583 g/mol. The van der Waals surface area contributed by atoms with E-state index in [1.165, 1.54) is 18.3 Å². The molecule has 1 unspecified atom stereocenters. The first kappa shape index (κ1) is 30.4. The van der Waals surface area contributed by atoms with E-state index in [0.29, 0.717) is 42.9 Å². The zero-order chi connectivity index (χ0) is 28.8. The van der Waals surface area contributed by atoms with Crippen LogP contribution in [-0.4, -0.2) is 67.7 Å². The highest BCUT2D eigenvalue weighted by molar-refractivity contribution is 7.93. The van der Waals surface area contributed by atoms with Crippen LogP contribution in [0.1, 0.15) is 57.4 Å². The minimum atomic E-state index is -4.18. The van der Waals surface area contributed by atoms with E-state index < -0.39 is 39.4 Å². The summed E-state index contributed by atoms with van der Waals surface area (Å²) in [5.74, 6) is -0.690. The lowest BCUT2D eigenvalue weighted by atomic mass is 9.95. The first-order valence-corrected chi connectivity index (χ1v) is 15.2. The minimum Gasteiger partial charge on any atom is -0.350 e. The van der Waals surface area contributed by atoms with Crippen LogP contribution in [-0.2, 0) is 30.6 Å². The molecule has 2 saturated heterocycles. The average Bonchev–Trinajstić information content (AvgIpc) is 2.96. The van der Waals surface area contributed by atoms with Gasteiger partial charge in [0.25, 0.3) is 5.91 Å². The number of pyridine rings is 1. The Morgan fingerprint density at radius 2 is 1.88 bits per heavy atom. The summed E-state index contributed by atoms with van der Waals surface area (Å²) in [6.45, 7) is 4.19. The summed E-state index contributed by atoms with van der Waals surface area (Å²) in [4.78, 5) is 25.4. The predicted octanol–water partition coefficient (Wildman–Crippen LogP) is 4.84. The van der Waals surface area contributed by atoms with Crippen LogP contribution in [0.25, 0.3) is 11.3 Å². The maximum absolute atomic E-state index is 14.0. The molecule has 220 valence electrons. The Bertz CT molecular complexity index is 1220. The number of hydrogen-bond acceptors (Lipinski definition) is 7. The second-order valence-electron chi connectivity index (χ2n) is 10.3. The van der Waals surface area contributed by atoms with Crippen molar-refractivity contribution in [2.24, 2.45) is 0 Å². The standard InChI is InChI=1S/C28H36F3N3O5S/c1-2-34-17-15-27(16-18-34,26(35)33-39-25-7-3-4-19-38-25)40(36,37)23-11-9-22(10-12-23)24-13-8-21(20-32-24)6-5-14-28(29,30)31/h8-13,20,25H,2-7,14-19H2,1H3,(H,33,35). The number of carbonyl (C=O) groups is 1. The molecule has 40 heavy (non-hydrogen) atoms. The molecule has 2 fully saturated rings. The molecule has 1 atom stereocenters. The maximum Gasteiger partial charge on any atom is 0.389 e. The SMILES string of the molecule is CCN1CCC(C(=O)NOC2CCCCO2)(S(=O)(=O)c2ccc(-c3ccc(CCCC(F)(F)F)cn3)cc2)CC1. The van der Waals surface area contributed by atoms with Crippen LogP contribution < -0.4 is 5.48 Å². The largest absolute Gasteiger partial charge is 0.389 e. The molecule has 0 saturated carbocycles. The molecule has 8 nitrogen and oxygen atoms in total. The van der Waals surface area contributed by atoms with Crippen molar-refractivity contribution in [2.45, 2.75) is 80.4 Å². The van der Waals surface area contributed by atoms with Gasteiger partial charge in [0.2, 0.25) is 0 Å². The number of piperidine rings is 1. The van der Waals surface area contributed by atoms with Crippen LogP contribution in [0.3, 0.4) is 0 Å². The zero-order valence-electron chi connectivity index (χ0n) is 22.6. The molecule has 1 amide bonds. The molecule has 1 N–H and O–H groups in total. The van der Waals surface area contributed by atoms with Crippen molar-refractivity contribution in [1.82, 2.24) is 15.4 Å². The molecule has 0 aliphatic carbocycles. The van der Waals surface area contributed by atoms with E-state index in [1.807, 2.05) is 6.92 Å². The molecule has 3 heterocycles. The van der Waals surface area contributed by atoms with Crippen molar-refractivity contribution in [3.8, 4) is 11.3 Å². The number of nitrogens with zero attached hydrogens (tertiary/aromatic N) is 2. The van der Waals surface area contributed by atoms with Gasteiger partial charge < -0.3 is 9.64 Å². The summed E-state index contributed by atoms with van der Waals surface area (Å²) in [6, 6.07) is 9.61. The van der Waals surface area contributed by atoms with Crippen molar-refractivity contribution >= 4 is 15.7 Å². The van der Waals surface area contributed by atoms with Gasteiger partial charge in [0.15, 0.2) is 20.9 Å². The number of hydrogen-bond donors (Lipinski definition) is 1. The molecule has 0 bridgehead atoms. The molecular weight excluding hydrogens is 547 g/mol. The van der Waals surface area contributed by atoms with Gasteiger partial charge in [0, 0.05) is 44.3 Å². The molecule has 2 aliphatic rings. The van der Waals surface area contributed by atoms with E-state index >= 15 is 0 Å². The van der Waals surface area contributed by atoms with Crippen LogP contribution in [0.2, 0.25) is 0 Å². The van der Waals surface area contributed by atoms with Gasteiger partial charge in [-0.05, 0) is 68.8 Å². The molecular formula is C28H36F3N3O5S. The number of likely N-dealkylation sites (tertiary alicyclic amines) is 1. The Balaban J connectivity index is 1.49. The fourth-order valence-corrected chi connectivity index (χ4v) is 7.08. The number of aryl methyl sites for hydroxylation is 1. The maximum atomic E-state index is 14.0. The number of benzene rings is 1. The number of hydroxylamine groups is 1. The predicted molar refractivity (Wildman–Crippen MR) is 143 cm³/mol. The topological polar surface area (TPSA) is 97.8 Å². The normalized spacial score (nSPS) is 20.2. The van der Waals surface area contributed by atoms with Crippen molar-refractivity contribution in [3.63, 3.8) is 0 Å². The third kappa shape index (κ3) is 7.20. The van der Waals surface area contributed by atoms with Crippen LogP contribution in [0.5, 0.6) is 0 Å². The van der Waals surface area contributed by atoms with Gasteiger partial charge in [-0.3, -0.25) is 9.78 Å².